The number of aromatic nitrogens is 2. The van der Waals surface area contributed by atoms with Crippen molar-refractivity contribution >= 4 is 11.7 Å². The summed E-state index contributed by atoms with van der Waals surface area (Å²) in [6.07, 6.45) is 4.61. The van der Waals surface area contributed by atoms with Crippen molar-refractivity contribution in [1.29, 1.82) is 0 Å². The Labute approximate surface area is 168 Å². The largest absolute Gasteiger partial charge is 0.353 e. The molecule has 0 N–H and O–H groups in total. The lowest BCUT2D eigenvalue weighted by molar-refractivity contribution is -0.131. The Bertz CT molecular complexity index is 744. The molecule has 1 saturated heterocycles. The Kier molecular flexibility index (Phi) is 7.37. The third kappa shape index (κ3) is 5.52. The summed E-state index contributed by atoms with van der Waals surface area (Å²) in [5.41, 5.74) is 2.02. The van der Waals surface area contributed by atoms with E-state index in [0.29, 0.717) is 6.42 Å². The number of carbonyl (C=O) groups excluding carboxylic acids is 1. The molecule has 0 aliphatic carbocycles. The SMILES string of the molecule is CCCCN(C)CCC(=O)N1CCN(c2cc(-c3ccccc3)ncn2)CC1. The summed E-state index contributed by atoms with van der Waals surface area (Å²) in [4.78, 5) is 27.9. The summed E-state index contributed by atoms with van der Waals surface area (Å²) in [6, 6.07) is 12.2. The molecule has 1 amide bonds. The number of amides is 1. The fraction of sp³-hybridized carbons (Fsp3) is 0.500. The highest BCUT2D eigenvalue weighted by molar-refractivity contribution is 5.76. The van der Waals surface area contributed by atoms with E-state index in [1.165, 1.54) is 12.8 Å². The number of piperazine rings is 1. The fourth-order valence-corrected chi connectivity index (χ4v) is 3.46. The van der Waals surface area contributed by atoms with Crippen LogP contribution in [-0.2, 0) is 4.79 Å². The number of hydrogen-bond donors (Lipinski definition) is 0. The molecule has 28 heavy (non-hydrogen) atoms. The quantitative estimate of drug-likeness (QED) is 0.704. The van der Waals surface area contributed by atoms with E-state index >= 15 is 0 Å². The number of carbonyl (C=O) groups is 1. The van der Waals surface area contributed by atoms with Crippen LogP contribution < -0.4 is 4.90 Å². The summed E-state index contributed by atoms with van der Waals surface area (Å²) in [7, 11) is 2.10. The van der Waals surface area contributed by atoms with Gasteiger partial charge in [0.2, 0.25) is 5.91 Å². The van der Waals surface area contributed by atoms with Gasteiger partial charge in [-0.3, -0.25) is 4.79 Å². The van der Waals surface area contributed by atoms with Gasteiger partial charge in [-0.15, -0.1) is 0 Å². The van der Waals surface area contributed by atoms with Crippen LogP contribution in [0.25, 0.3) is 11.3 Å². The van der Waals surface area contributed by atoms with E-state index in [2.05, 4.69) is 45.9 Å². The number of rotatable bonds is 8. The molecule has 2 heterocycles. The van der Waals surface area contributed by atoms with Gasteiger partial charge in [0.1, 0.15) is 12.1 Å². The van der Waals surface area contributed by atoms with Gasteiger partial charge in [-0.25, -0.2) is 9.97 Å². The predicted octanol–water partition coefficient (Wildman–Crippen LogP) is 2.91. The zero-order valence-electron chi connectivity index (χ0n) is 17.0. The van der Waals surface area contributed by atoms with Crippen molar-refractivity contribution < 1.29 is 4.79 Å². The van der Waals surface area contributed by atoms with Crippen LogP contribution in [0.3, 0.4) is 0 Å². The number of hydrogen-bond acceptors (Lipinski definition) is 5. The molecule has 0 spiro atoms. The molecule has 0 saturated carbocycles. The molecule has 6 heteroatoms. The fourth-order valence-electron chi connectivity index (χ4n) is 3.46. The van der Waals surface area contributed by atoms with Crippen LogP contribution in [0.15, 0.2) is 42.7 Å². The first-order valence-corrected chi connectivity index (χ1v) is 10.3. The van der Waals surface area contributed by atoms with Crippen molar-refractivity contribution in [3.63, 3.8) is 0 Å². The minimum absolute atomic E-state index is 0.260. The zero-order chi connectivity index (χ0) is 19.8. The monoisotopic (exact) mass is 381 g/mol. The molecule has 6 nitrogen and oxygen atoms in total. The smallest absolute Gasteiger partial charge is 0.223 e. The first kappa shape index (κ1) is 20.3. The van der Waals surface area contributed by atoms with E-state index in [4.69, 9.17) is 0 Å². The van der Waals surface area contributed by atoms with E-state index in [0.717, 1.165) is 56.3 Å². The maximum atomic E-state index is 12.5. The van der Waals surface area contributed by atoms with Crippen LogP contribution in [0, 0.1) is 0 Å². The Balaban J connectivity index is 1.51. The molecule has 0 bridgehead atoms. The third-order valence-corrected chi connectivity index (χ3v) is 5.28. The van der Waals surface area contributed by atoms with Gasteiger partial charge >= 0.3 is 0 Å². The lowest BCUT2D eigenvalue weighted by atomic mass is 10.1. The van der Waals surface area contributed by atoms with Gasteiger partial charge < -0.3 is 14.7 Å². The molecule has 2 aromatic rings. The second-order valence-corrected chi connectivity index (χ2v) is 7.40. The topological polar surface area (TPSA) is 52.6 Å². The molecule has 0 radical (unpaired) electrons. The van der Waals surface area contributed by atoms with Crippen molar-refractivity contribution in [3.8, 4) is 11.3 Å². The molecule has 150 valence electrons. The summed E-state index contributed by atoms with van der Waals surface area (Å²) in [5.74, 6) is 1.19. The highest BCUT2D eigenvalue weighted by Crippen LogP contribution is 2.21. The molecule has 1 aromatic heterocycles. The van der Waals surface area contributed by atoms with E-state index in [9.17, 15) is 4.79 Å². The lowest BCUT2D eigenvalue weighted by Crippen LogP contribution is -2.49. The molecular formula is C22H31N5O. The maximum Gasteiger partial charge on any atom is 0.223 e. The average molecular weight is 382 g/mol. The Morgan fingerprint density at radius 3 is 2.54 bits per heavy atom. The van der Waals surface area contributed by atoms with E-state index in [-0.39, 0.29) is 5.91 Å². The highest BCUT2D eigenvalue weighted by Gasteiger charge is 2.22. The summed E-state index contributed by atoms with van der Waals surface area (Å²) >= 11 is 0. The van der Waals surface area contributed by atoms with E-state index in [1.54, 1.807) is 6.33 Å². The van der Waals surface area contributed by atoms with Crippen molar-refractivity contribution in [1.82, 2.24) is 19.8 Å². The predicted molar refractivity (Wildman–Crippen MR) is 113 cm³/mol. The molecule has 3 rings (SSSR count). The molecule has 1 aliphatic rings. The number of anilines is 1. The van der Waals surface area contributed by atoms with E-state index in [1.807, 2.05) is 29.2 Å². The Morgan fingerprint density at radius 2 is 1.82 bits per heavy atom. The van der Waals surface area contributed by atoms with Crippen molar-refractivity contribution in [2.45, 2.75) is 26.2 Å². The van der Waals surface area contributed by atoms with Gasteiger partial charge in [0.05, 0.1) is 5.69 Å². The van der Waals surface area contributed by atoms with Crippen LogP contribution in [0.1, 0.15) is 26.2 Å². The molecule has 1 fully saturated rings. The van der Waals surface area contributed by atoms with Gasteiger partial charge in [0, 0.05) is 50.8 Å². The van der Waals surface area contributed by atoms with Crippen LogP contribution in [-0.4, -0.2) is 72.0 Å². The first-order valence-electron chi connectivity index (χ1n) is 10.3. The summed E-state index contributed by atoms with van der Waals surface area (Å²) in [6.45, 7) is 7.22. The average Bonchev–Trinajstić information content (AvgIpc) is 2.77. The second kappa shape index (κ2) is 10.2. The van der Waals surface area contributed by atoms with Gasteiger partial charge in [-0.05, 0) is 20.0 Å². The standard InChI is InChI=1S/C22H31N5O/c1-3-4-11-25(2)12-10-22(28)27-15-13-26(14-16-27)21-17-20(23-18-24-21)19-8-6-5-7-9-19/h5-9,17-18H,3-4,10-16H2,1-2H3. The van der Waals surface area contributed by atoms with Crippen LogP contribution >= 0.6 is 0 Å². The van der Waals surface area contributed by atoms with E-state index < -0.39 is 0 Å². The van der Waals surface area contributed by atoms with Gasteiger partial charge in [-0.2, -0.15) is 0 Å². The lowest BCUT2D eigenvalue weighted by Gasteiger charge is -2.35. The van der Waals surface area contributed by atoms with Crippen molar-refractivity contribution in [2.24, 2.45) is 0 Å². The molecule has 0 unspecified atom stereocenters. The molecular weight excluding hydrogens is 350 g/mol. The molecule has 1 aliphatic heterocycles. The summed E-state index contributed by atoms with van der Waals surface area (Å²) < 4.78 is 0. The molecule has 0 atom stereocenters. The minimum atomic E-state index is 0.260. The van der Waals surface area contributed by atoms with Crippen LogP contribution in [0.2, 0.25) is 0 Å². The van der Waals surface area contributed by atoms with Crippen molar-refractivity contribution in [3.05, 3.63) is 42.7 Å². The van der Waals surface area contributed by atoms with Crippen LogP contribution in [0.4, 0.5) is 5.82 Å². The van der Waals surface area contributed by atoms with Gasteiger partial charge in [0.25, 0.3) is 0 Å². The highest BCUT2D eigenvalue weighted by atomic mass is 16.2. The minimum Gasteiger partial charge on any atom is -0.353 e. The molecule has 1 aromatic carbocycles. The van der Waals surface area contributed by atoms with Gasteiger partial charge in [-0.1, -0.05) is 43.7 Å². The normalized spacial score (nSPS) is 14.5. The number of unbranched alkanes of at least 4 members (excludes halogenated alkanes) is 1. The zero-order valence-corrected chi connectivity index (χ0v) is 17.0. The van der Waals surface area contributed by atoms with Crippen LogP contribution in [0.5, 0.6) is 0 Å². The maximum absolute atomic E-state index is 12.5. The van der Waals surface area contributed by atoms with Gasteiger partial charge in [0.15, 0.2) is 0 Å². The first-order chi connectivity index (χ1) is 13.7. The second-order valence-electron chi connectivity index (χ2n) is 7.40. The number of benzene rings is 1. The third-order valence-electron chi connectivity index (χ3n) is 5.28. The van der Waals surface area contributed by atoms with Crippen molar-refractivity contribution in [2.75, 3.05) is 51.2 Å². The Hall–Kier alpha value is -2.47. The summed E-state index contributed by atoms with van der Waals surface area (Å²) in [5, 5.41) is 0. The Morgan fingerprint density at radius 1 is 1.07 bits per heavy atom. The number of nitrogens with zero attached hydrogens (tertiary/aromatic N) is 5.